The molecule has 0 aliphatic heterocycles. The number of aromatic nitrogens is 3. The number of nitrogens with zero attached hydrogens (tertiary/aromatic N) is 4. The van der Waals surface area contributed by atoms with Gasteiger partial charge in [-0.3, -0.25) is 9.12 Å². The van der Waals surface area contributed by atoms with E-state index >= 15 is 4.39 Å². The summed E-state index contributed by atoms with van der Waals surface area (Å²) in [7, 11) is -2.39. The number of sulfonamides is 1. The zero-order valence-electron chi connectivity index (χ0n) is 23.9. The third-order valence-corrected chi connectivity index (χ3v) is 9.19. The molecule has 0 radical (unpaired) electrons. The minimum Gasteiger partial charge on any atom is -0.465 e. The Morgan fingerprint density at radius 3 is 2.65 bits per heavy atom. The molecular weight excluding hydrogens is 595 g/mol. The molecule has 10 nitrogen and oxygen atoms in total. The highest BCUT2D eigenvalue weighted by atomic mass is 35.5. The van der Waals surface area contributed by atoms with E-state index < -0.39 is 27.7 Å². The Bertz CT molecular complexity index is 1860. The summed E-state index contributed by atoms with van der Waals surface area (Å²) in [6.45, 7) is 3.98. The predicted octanol–water partition coefficient (Wildman–Crippen LogP) is 6.38. The maximum absolute atomic E-state index is 15.4. The molecule has 0 spiro atoms. The smallest absolute Gasteiger partial charge is 0.407 e. The van der Waals surface area contributed by atoms with Gasteiger partial charge in [-0.05, 0) is 48.6 Å². The minimum atomic E-state index is -3.96. The zero-order valence-corrected chi connectivity index (χ0v) is 25.5. The number of nitrogen functional groups attached to an aromatic ring is 1. The first kappa shape index (κ1) is 30.3. The molecule has 0 fully saturated rings. The Labute approximate surface area is 254 Å². The number of allylic oxidation sites excluding steroid dienone is 1. The molecule has 0 bridgehead atoms. The number of rotatable bonds is 8. The molecule has 1 amide bonds. The second-order valence-electron chi connectivity index (χ2n) is 10.9. The fourth-order valence-electron chi connectivity index (χ4n) is 5.31. The van der Waals surface area contributed by atoms with E-state index in [0.29, 0.717) is 52.4 Å². The molecule has 4 aromatic rings. The number of hydrogen-bond acceptors (Lipinski definition) is 6. The van der Waals surface area contributed by atoms with Gasteiger partial charge in [0.05, 0.1) is 23.3 Å². The van der Waals surface area contributed by atoms with Gasteiger partial charge in [-0.15, -0.1) is 0 Å². The lowest BCUT2D eigenvalue weighted by molar-refractivity contribution is 0.135. The first-order valence-electron chi connectivity index (χ1n) is 13.7. The van der Waals surface area contributed by atoms with E-state index in [1.54, 1.807) is 43.6 Å². The third kappa shape index (κ3) is 6.16. The molecule has 43 heavy (non-hydrogen) atoms. The maximum Gasteiger partial charge on any atom is 0.407 e. The van der Waals surface area contributed by atoms with Crippen LogP contribution in [0.1, 0.15) is 56.1 Å². The molecule has 13 heteroatoms. The van der Waals surface area contributed by atoms with E-state index in [4.69, 9.17) is 22.3 Å². The molecule has 4 N–H and O–H groups in total. The van der Waals surface area contributed by atoms with Gasteiger partial charge in [-0.25, -0.2) is 27.6 Å². The summed E-state index contributed by atoms with van der Waals surface area (Å²) in [5.74, 6) is -0.310. The number of halogens is 2. The highest BCUT2D eigenvalue weighted by molar-refractivity contribution is 7.91. The van der Waals surface area contributed by atoms with E-state index in [0.717, 1.165) is 11.3 Å². The minimum absolute atomic E-state index is 0.0300. The van der Waals surface area contributed by atoms with Gasteiger partial charge in [-0.2, -0.15) is 0 Å². The lowest BCUT2D eigenvalue weighted by atomic mass is 9.92. The maximum atomic E-state index is 15.4. The van der Waals surface area contributed by atoms with Crippen molar-refractivity contribution < 1.29 is 22.7 Å². The van der Waals surface area contributed by atoms with Gasteiger partial charge >= 0.3 is 6.09 Å². The van der Waals surface area contributed by atoms with Gasteiger partial charge in [0.25, 0.3) is 0 Å². The Morgan fingerprint density at radius 2 is 2.02 bits per heavy atom. The average molecular weight is 627 g/mol. The van der Waals surface area contributed by atoms with Crippen molar-refractivity contribution in [2.45, 2.75) is 50.8 Å². The summed E-state index contributed by atoms with van der Waals surface area (Å²) in [4.78, 5) is 22.0. The van der Waals surface area contributed by atoms with Crippen LogP contribution >= 0.6 is 11.6 Å². The molecule has 0 saturated carbocycles. The van der Waals surface area contributed by atoms with Crippen molar-refractivity contribution >= 4 is 50.3 Å². The lowest BCUT2D eigenvalue weighted by Gasteiger charge is -2.29. The molecule has 2 aromatic heterocycles. The SMILES string of the molecule is CC(C)c1nc(-c2ccc(NS(=O)(=O)Cc3ccccc3Cl)c(F)c2)c2c(N)ncc(C3=CCC(N(C)C(=O)O)CC3)n12. The standard InChI is InChI=1S/C30H32ClFN6O4S/c1-17(2)29-35-26(19-10-13-24(23(32)14-19)36-43(41,42)16-20-6-4-5-7-22(20)31)27-28(33)34-15-25(38(27)29)18-8-11-21(12-9-18)37(3)30(39)40/h4-8,10,13-15,17,21,36H,9,11-12,16H2,1-3H3,(H2,33,34)(H,39,40). The number of fused-ring (bicyclic) bond motifs is 1. The van der Waals surface area contributed by atoms with Gasteiger partial charge in [-0.1, -0.05) is 55.8 Å². The molecule has 1 aliphatic rings. The summed E-state index contributed by atoms with van der Waals surface area (Å²) in [6.07, 6.45) is 4.58. The van der Waals surface area contributed by atoms with Crippen molar-refractivity contribution in [3.63, 3.8) is 0 Å². The Morgan fingerprint density at radius 1 is 1.28 bits per heavy atom. The van der Waals surface area contributed by atoms with E-state index in [-0.39, 0.29) is 23.5 Å². The molecular formula is C30H32ClFN6O4S. The quantitative estimate of drug-likeness (QED) is 0.206. The zero-order chi connectivity index (χ0) is 31.1. The van der Waals surface area contributed by atoms with Crippen molar-refractivity contribution in [2.24, 2.45) is 0 Å². The molecule has 1 unspecified atom stereocenters. The Balaban J connectivity index is 1.51. The highest BCUT2D eigenvalue weighted by Crippen LogP contribution is 2.37. The topological polar surface area (TPSA) is 143 Å². The van der Waals surface area contributed by atoms with Crippen LogP contribution in [0.2, 0.25) is 5.02 Å². The van der Waals surface area contributed by atoms with Crippen LogP contribution in [0.25, 0.3) is 22.3 Å². The van der Waals surface area contributed by atoms with E-state index in [9.17, 15) is 18.3 Å². The van der Waals surface area contributed by atoms with Gasteiger partial charge in [0, 0.05) is 29.6 Å². The van der Waals surface area contributed by atoms with Gasteiger partial charge in [0.15, 0.2) is 0 Å². The Hall–Kier alpha value is -4.16. The first-order valence-corrected chi connectivity index (χ1v) is 15.7. The van der Waals surface area contributed by atoms with E-state index in [2.05, 4.69) is 9.71 Å². The summed E-state index contributed by atoms with van der Waals surface area (Å²) in [5.41, 5.74) is 9.68. The molecule has 2 aromatic carbocycles. The number of nitrogens with two attached hydrogens (primary N) is 1. The molecule has 5 rings (SSSR count). The van der Waals surface area contributed by atoms with Gasteiger partial charge in [0.2, 0.25) is 10.0 Å². The predicted molar refractivity (Wildman–Crippen MR) is 166 cm³/mol. The fourth-order valence-corrected chi connectivity index (χ4v) is 6.83. The second kappa shape index (κ2) is 11.8. The number of carbonyl (C=O) groups is 1. The Kier molecular flexibility index (Phi) is 8.35. The number of hydrogen-bond donors (Lipinski definition) is 3. The molecule has 1 aliphatic carbocycles. The van der Waals surface area contributed by atoms with E-state index in [1.165, 1.54) is 17.0 Å². The third-order valence-electron chi connectivity index (χ3n) is 7.60. The number of imidazole rings is 1. The largest absolute Gasteiger partial charge is 0.465 e. The first-order chi connectivity index (χ1) is 20.4. The number of carboxylic acid groups (broad SMARTS) is 1. The number of nitrogens with one attached hydrogen (secondary N) is 1. The van der Waals surface area contributed by atoms with Crippen LogP contribution in [-0.2, 0) is 15.8 Å². The van der Waals surface area contributed by atoms with Gasteiger partial charge in [0.1, 0.15) is 28.7 Å². The van der Waals surface area contributed by atoms with E-state index in [1.807, 2.05) is 24.3 Å². The van der Waals surface area contributed by atoms with Crippen molar-refractivity contribution in [3.8, 4) is 11.3 Å². The van der Waals surface area contributed by atoms with Crippen molar-refractivity contribution in [1.29, 1.82) is 0 Å². The summed E-state index contributed by atoms with van der Waals surface area (Å²) < 4.78 is 45.2. The summed E-state index contributed by atoms with van der Waals surface area (Å²) in [6, 6.07) is 10.6. The normalized spacial score (nSPS) is 15.5. The highest BCUT2D eigenvalue weighted by Gasteiger charge is 2.27. The van der Waals surface area contributed by atoms with Crippen LogP contribution in [0.3, 0.4) is 0 Å². The van der Waals surface area contributed by atoms with Crippen LogP contribution in [0.5, 0.6) is 0 Å². The second-order valence-corrected chi connectivity index (χ2v) is 13.0. The number of anilines is 2. The monoisotopic (exact) mass is 626 g/mol. The number of amides is 1. The van der Waals surface area contributed by atoms with Crippen LogP contribution in [-0.4, -0.2) is 52.0 Å². The average Bonchev–Trinajstić information content (AvgIpc) is 3.37. The van der Waals surface area contributed by atoms with Crippen molar-refractivity contribution in [1.82, 2.24) is 19.3 Å². The van der Waals surface area contributed by atoms with Crippen LogP contribution < -0.4 is 10.5 Å². The summed E-state index contributed by atoms with van der Waals surface area (Å²) >= 11 is 6.11. The van der Waals surface area contributed by atoms with Crippen LogP contribution in [0, 0.1) is 5.82 Å². The molecule has 0 saturated heterocycles. The molecule has 2 heterocycles. The molecule has 226 valence electrons. The number of benzene rings is 2. The summed E-state index contributed by atoms with van der Waals surface area (Å²) in [5, 5.41) is 9.67. The van der Waals surface area contributed by atoms with Crippen LogP contribution in [0.4, 0.5) is 20.7 Å². The fraction of sp³-hybridized carbons (Fsp3) is 0.300. The lowest BCUT2D eigenvalue weighted by Crippen LogP contribution is -2.36. The van der Waals surface area contributed by atoms with Crippen molar-refractivity contribution in [2.75, 3.05) is 17.5 Å². The molecule has 1 atom stereocenters. The van der Waals surface area contributed by atoms with Gasteiger partial charge < -0.3 is 15.7 Å². The van der Waals surface area contributed by atoms with Crippen molar-refractivity contribution in [3.05, 3.63) is 82.7 Å². The van der Waals surface area contributed by atoms with Crippen LogP contribution in [0.15, 0.2) is 54.7 Å².